The number of hydrogen-bond acceptors (Lipinski definition) is 2. The summed E-state index contributed by atoms with van der Waals surface area (Å²) in [6, 6.07) is 0. The van der Waals surface area contributed by atoms with E-state index in [2.05, 4.69) is 0 Å². The maximum Gasteiger partial charge on any atom is 0.0540 e. The first kappa shape index (κ1) is 9.01. The fourth-order valence-electron chi connectivity index (χ4n) is 1.88. The predicted octanol–water partition coefficient (Wildman–Crippen LogP) is 1.28. The molecule has 0 aromatic rings. The maximum absolute atomic E-state index is 9.34. The van der Waals surface area contributed by atoms with Gasteiger partial charge in [-0.3, -0.25) is 0 Å². The molecule has 0 amide bonds. The lowest BCUT2D eigenvalue weighted by Crippen LogP contribution is -2.08. The van der Waals surface area contributed by atoms with Crippen LogP contribution in [0.4, 0.5) is 0 Å². The van der Waals surface area contributed by atoms with Crippen LogP contribution in [-0.2, 0) is 0 Å². The van der Waals surface area contributed by atoms with Gasteiger partial charge in [0.05, 0.1) is 6.10 Å². The summed E-state index contributed by atoms with van der Waals surface area (Å²) in [5.74, 6) is 0.789. The predicted molar refractivity (Wildman–Crippen MR) is 46.3 cm³/mol. The zero-order valence-corrected chi connectivity index (χ0v) is 7.13. The monoisotopic (exact) mass is 157 g/mol. The summed E-state index contributed by atoms with van der Waals surface area (Å²) in [5, 5.41) is 9.34. The Morgan fingerprint density at radius 3 is 2.73 bits per heavy atom. The summed E-state index contributed by atoms with van der Waals surface area (Å²) in [6.45, 7) is 0.806. The van der Waals surface area contributed by atoms with E-state index in [1.807, 2.05) is 0 Å². The van der Waals surface area contributed by atoms with E-state index < -0.39 is 0 Å². The van der Waals surface area contributed by atoms with Crippen molar-refractivity contribution in [2.75, 3.05) is 6.54 Å². The van der Waals surface area contributed by atoms with Crippen molar-refractivity contribution in [1.82, 2.24) is 0 Å². The molecular formula is C9H19NO. The first-order valence-corrected chi connectivity index (χ1v) is 4.71. The number of aliphatic hydroxyl groups is 1. The van der Waals surface area contributed by atoms with E-state index in [-0.39, 0.29) is 6.10 Å². The van der Waals surface area contributed by atoms with Crippen LogP contribution in [0, 0.1) is 5.92 Å². The molecule has 1 saturated carbocycles. The van der Waals surface area contributed by atoms with Gasteiger partial charge in [0, 0.05) is 0 Å². The van der Waals surface area contributed by atoms with E-state index in [1.54, 1.807) is 0 Å². The largest absolute Gasteiger partial charge is 0.393 e. The third-order valence-electron chi connectivity index (χ3n) is 2.63. The summed E-state index contributed by atoms with van der Waals surface area (Å²) in [6.07, 6.45) is 6.74. The minimum absolute atomic E-state index is 0.0298. The molecule has 1 aliphatic carbocycles. The summed E-state index contributed by atoms with van der Waals surface area (Å²) in [4.78, 5) is 0. The van der Waals surface area contributed by atoms with Gasteiger partial charge in [-0.2, -0.15) is 0 Å². The second kappa shape index (κ2) is 4.73. The number of nitrogens with two attached hydrogens (primary N) is 1. The molecule has 0 heterocycles. The van der Waals surface area contributed by atoms with Gasteiger partial charge >= 0.3 is 0 Å². The topological polar surface area (TPSA) is 46.2 Å². The molecule has 66 valence electrons. The minimum atomic E-state index is -0.0298. The van der Waals surface area contributed by atoms with Crippen molar-refractivity contribution in [2.45, 2.75) is 44.6 Å². The van der Waals surface area contributed by atoms with E-state index >= 15 is 0 Å². The zero-order chi connectivity index (χ0) is 8.10. The molecule has 2 atom stereocenters. The molecule has 0 aromatic carbocycles. The molecule has 0 saturated heterocycles. The second-order valence-corrected chi connectivity index (χ2v) is 3.61. The lowest BCUT2D eigenvalue weighted by Gasteiger charge is -2.11. The first-order valence-electron chi connectivity index (χ1n) is 4.71. The fourth-order valence-corrected chi connectivity index (χ4v) is 1.88. The van der Waals surface area contributed by atoms with Gasteiger partial charge in [0.15, 0.2) is 0 Å². The highest BCUT2D eigenvalue weighted by Crippen LogP contribution is 2.24. The van der Waals surface area contributed by atoms with Gasteiger partial charge in [0.25, 0.3) is 0 Å². The van der Waals surface area contributed by atoms with Crippen LogP contribution in [0.3, 0.4) is 0 Å². The van der Waals surface area contributed by atoms with Crippen molar-refractivity contribution < 1.29 is 5.11 Å². The third-order valence-corrected chi connectivity index (χ3v) is 2.63. The van der Waals surface area contributed by atoms with Crippen LogP contribution in [0.2, 0.25) is 0 Å². The molecule has 0 bridgehead atoms. The molecule has 1 aliphatic rings. The Hall–Kier alpha value is -0.0800. The van der Waals surface area contributed by atoms with Crippen molar-refractivity contribution in [3.05, 3.63) is 0 Å². The molecule has 0 spiro atoms. The van der Waals surface area contributed by atoms with Gasteiger partial charge in [-0.15, -0.1) is 0 Å². The SMILES string of the molecule is NCCC1CCCC(O)CC1. The van der Waals surface area contributed by atoms with Gasteiger partial charge < -0.3 is 10.8 Å². The normalized spacial score (nSPS) is 33.3. The number of aliphatic hydroxyl groups excluding tert-OH is 1. The van der Waals surface area contributed by atoms with Crippen molar-refractivity contribution in [3.8, 4) is 0 Å². The van der Waals surface area contributed by atoms with Gasteiger partial charge in [0.1, 0.15) is 0 Å². The average Bonchev–Trinajstić information content (AvgIpc) is 2.17. The lowest BCUT2D eigenvalue weighted by atomic mass is 9.97. The van der Waals surface area contributed by atoms with Crippen LogP contribution in [0.5, 0.6) is 0 Å². The number of hydrogen-bond donors (Lipinski definition) is 2. The molecule has 2 unspecified atom stereocenters. The van der Waals surface area contributed by atoms with Crippen molar-refractivity contribution in [1.29, 1.82) is 0 Å². The smallest absolute Gasteiger partial charge is 0.0540 e. The summed E-state index contributed by atoms with van der Waals surface area (Å²) in [5.41, 5.74) is 5.48. The van der Waals surface area contributed by atoms with E-state index in [0.29, 0.717) is 0 Å². The highest BCUT2D eigenvalue weighted by atomic mass is 16.3. The maximum atomic E-state index is 9.34. The molecule has 1 rings (SSSR count). The van der Waals surface area contributed by atoms with Crippen LogP contribution >= 0.6 is 0 Å². The Kier molecular flexibility index (Phi) is 3.87. The molecule has 2 nitrogen and oxygen atoms in total. The third kappa shape index (κ3) is 3.21. The number of rotatable bonds is 2. The van der Waals surface area contributed by atoms with E-state index in [9.17, 15) is 5.11 Å². The fraction of sp³-hybridized carbons (Fsp3) is 1.00. The van der Waals surface area contributed by atoms with E-state index in [4.69, 9.17) is 5.73 Å². The molecule has 0 aromatic heterocycles. The van der Waals surface area contributed by atoms with Crippen molar-refractivity contribution in [3.63, 3.8) is 0 Å². The standard InChI is InChI=1S/C9H19NO/c10-7-6-8-2-1-3-9(11)5-4-8/h8-9,11H,1-7,10H2. The van der Waals surface area contributed by atoms with Crippen LogP contribution < -0.4 is 5.73 Å². The van der Waals surface area contributed by atoms with E-state index in [1.165, 1.54) is 19.3 Å². The Balaban J connectivity index is 2.22. The molecular weight excluding hydrogens is 138 g/mol. The molecule has 11 heavy (non-hydrogen) atoms. The van der Waals surface area contributed by atoms with Crippen molar-refractivity contribution >= 4 is 0 Å². The quantitative estimate of drug-likeness (QED) is 0.593. The molecule has 0 radical (unpaired) electrons. The molecule has 3 N–H and O–H groups in total. The Labute approximate surface area is 68.8 Å². The minimum Gasteiger partial charge on any atom is -0.393 e. The zero-order valence-electron chi connectivity index (χ0n) is 7.13. The van der Waals surface area contributed by atoms with Gasteiger partial charge in [-0.1, -0.05) is 12.8 Å². The van der Waals surface area contributed by atoms with Crippen LogP contribution in [0.1, 0.15) is 38.5 Å². The van der Waals surface area contributed by atoms with Crippen LogP contribution in [-0.4, -0.2) is 17.8 Å². The Bertz CT molecular complexity index is 106. The summed E-state index contributed by atoms with van der Waals surface area (Å²) >= 11 is 0. The highest BCUT2D eigenvalue weighted by molar-refractivity contribution is 4.69. The molecule has 2 heteroatoms. The van der Waals surface area contributed by atoms with Crippen LogP contribution in [0.25, 0.3) is 0 Å². The Morgan fingerprint density at radius 1 is 1.18 bits per heavy atom. The first-order chi connectivity index (χ1) is 5.33. The second-order valence-electron chi connectivity index (χ2n) is 3.61. The average molecular weight is 157 g/mol. The lowest BCUT2D eigenvalue weighted by molar-refractivity contribution is 0.155. The molecule has 0 aliphatic heterocycles. The Morgan fingerprint density at radius 2 is 2.00 bits per heavy atom. The van der Waals surface area contributed by atoms with Crippen LogP contribution in [0.15, 0.2) is 0 Å². The van der Waals surface area contributed by atoms with Gasteiger partial charge in [0.2, 0.25) is 0 Å². The summed E-state index contributed by atoms with van der Waals surface area (Å²) < 4.78 is 0. The van der Waals surface area contributed by atoms with Gasteiger partial charge in [-0.25, -0.2) is 0 Å². The highest BCUT2D eigenvalue weighted by Gasteiger charge is 2.15. The van der Waals surface area contributed by atoms with Crippen molar-refractivity contribution in [2.24, 2.45) is 11.7 Å². The van der Waals surface area contributed by atoms with Gasteiger partial charge in [-0.05, 0) is 38.1 Å². The summed E-state index contributed by atoms with van der Waals surface area (Å²) in [7, 11) is 0. The molecule has 1 fully saturated rings. The van der Waals surface area contributed by atoms with E-state index in [0.717, 1.165) is 31.7 Å².